The van der Waals surface area contributed by atoms with Crippen molar-refractivity contribution in [3.63, 3.8) is 0 Å². The summed E-state index contributed by atoms with van der Waals surface area (Å²) in [4.78, 5) is 14.9. The molecule has 0 N–H and O–H groups in total. The maximum Gasteiger partial charge on any atom is 0.167 e. The first kappa shape index (κ1) is 29.4. The van der Waals surface area contributed by atoms with E-state index in [2.05, 4.69) is 6.07 Å². The Morgan fingerprint density at radius 3 is 1.80 bits per heavy atom. The van der Waals surface area contributed by atoms with Gasteiger partial charge >= 0.3 is 0 Å². The van der Waals surface area contributed by atoms with Crippen molar-refractivity contribution in [1.82, 2.24) is 15.0 Å². The van der Waals surface area contributed by atoms with Gasteiger partial charge in [-0.1, -0.05) is 83.7 Å². The van der Waals surface area contributed by atoms with Crippen LogP contribution in [0.5, 0.6) is 0 Å². The quantitative estimate of drug-likeness (QED) is 0.277. The molecular weight excluding hydrogens is 597 g/mol. The lowest BCUT2D eigenvalue weighted by atomic mass is 9.59. The predicted octanol–water partition coefficient (Wildman–Crippen LogP) is 4.31. The molecule has 9 rings (SSSR count). The van der Waals surface area contributed by atoms with Gasteiger partial charge in [-0.2, -0.15) is 0 Å². The van der Waals surface area contributed by atoms with Crippen LogP contribution in [0.2, 0.25) is 0 Å². The number of aromatic nitrogens is 3. The Hall–Kier alpha value is -5.75. The van der Waals surface area contributed by atoms with Crippen molar-refractivity contribution in [2.24, 2.45) is 0 Å². The monoisotopic (exact) mass is 615 g/mol. The molecule has 0 saturated heterocycles. The molecule has 0 spiro atoms. The van der Waals surface area contributed by atoms with Gasteiger partial charge in [-0.25, -0.2) is 15.0 Å². The number of furan rings is 2. The lowest BCUT2D eigenvalue weighted by molar-refractivity contribution is 0.668. The van der Waals surface area contributed by atoms with Gasteiger partial charge in [-0.15, -0.1) is 16.4 Å². The SMILES string of the molecule is [B]c1c([B])c([B])c(-c2ccc3oc4cc(-c5nc(-c6ccccc6)nc(-c6cccc7c6oc6ccccc67)n5)ccc4c3c2)c([B])c1[B]. The van der Waals surface area contributed by atoms with Crippen LogP contribution in [0.25, 0.3) is 89.2 Å². The second-order valence-corrected chi connectivity index (χ2v) is 11.9. The second-order valence-electron chi connectivity index (χ2n) is 11.9. The minimum atomic E-state index is 0.173. The summed E-state index contributed by atoms with van der Waals surface area (Å²) in [6.45, 7) is 0. The molecule has 0 fully saturated rings. The normalized spacial score (nSPS) is 11.7. The van der Waals surface area contributed by atoms with Crippen LogP contribution in [0.4, 0.5) is 0 Å². The Balaban J connectivity index is 1.21. The zero-order chi connectivity index (χ0) is 33.4. The van der Waals surface area contributed by atoms with Gasteiger partial charge in [0, 0.05) is 32.7 Å². The second kappa shape index (κ2) is 11.2. The molecule has 10 heteroatoms. The van der Waals surface area contributed by atoms with Gasteiger partial charge in [0.25, 0.3) is 0 Å². The van der Waals surface area contributed by atoms with Crippen LogP contribution in [-0.2, 0) is 0 Å². The minimum absolute atomic E-state index is 0.173. The molecule has 0 aliphatic heterocycles. The van der Waals surface area contributed by atoms with Crippen molar-refractivity contribution in [1.29, 1.82) is 0 Å². The van der Waals surface area contributed by atoms with Crippen LogP contribution >= 0.6 is 0 Å². The topological polar surface area (TPSA) is 65.0 Å². The summed E-state index contributed by atoms with van der Waals surface area (Å²) < 4.78 is 12.7. The molecule has 10 radical (unpaired) electrons. The van der Waals surface area contributed by atoms with Gasteiger partial charge < -0.3 is 8.83 Å². The Labute approximate surface area is 287 Å². The summed E-state index contributed by atoms with van der Waals surface area (Å²) in [6.07, 6.45) is 0. The first-order valence-corrected chi connectivity index (χ1v) is 15.6. The predicted molar refractivity (Wildman–Crippen MR) is 203 cm³/mol. The molecule has 6 aromatic carbocycles. The van der Waals surface area contributed by atoms with E-state index in [4.69, 9.17) is 63.0 Å². The number of nitrogens with zero attached hydrogens (tertiary/aromatic N) is 3. The number of para-hydroxylation sites is 2. The summed E-state index contributed by atoms with van der Waals surface area (Å²) in [6, 6.07) is 35.4. The van der Waals surface area contributed by atoms with Gasteiger partial charge in [-0.05, 0) is 47.5 Å². The fourth-order valence-electron chi connectivity index (χ4n) is 6.50. The van der Waals surface area contributed by atoms with Crippen LogP contribution in [0, 0.1) is 0 Å². The molecule has 0 aliphatic rings. The average molecular weight is 615 g/mol. The van der Waals surface area contributed by atoms with Gasteiger partial charge in [0.15, 0.2) is 17.5 Å². The van der Waals surface area contributed by atoms with Gasteiger partial charge in [-0.3, -0.25) is 0 Å². The zero-order valence-corrected chi connectivity index (χ0v) is 25.9. The van der Waals surface area contributed by atoms with E-state index in [9.17, 15) is 0 Å². The van der Waals surface area contributed by atoms with Gasteiger partial charge in [0.1, 0.15) is 61.6 Å². The molecule has 0 saturated carbocycles. The lowest BCUT2D eigenvalue weighted by Crippen LogP contribution is -2.55. The maximum atomic E-state index is 6.37. The fraction of sp³-hybridized carbons (Fsp3) is 0. The Morgan fingerprint density at radius 2 is 1.00 bits per heavy atom. The first-order valence-electron chi connectivity index (χ1n) is 15.6. The van der Waals surface area contributed by atoms with Crippen molar-refractivity contribution in [3.8, 4) is 45.3 Å². The van der Waals surface area contributed by atoms with Crippen molar-refractivity contribution in [2.45, 2.75) is 0 Å². The molecular formula is C39H18B5N3O2. The summed E-state index contributed by atoms with van der Waals surface area (Å²) >= 11 is 0. The molecule has 3 aromatic heterocycles. The Kier molecular flexibility index (Phi) is 6.70. The highest BCUT2D eigenvalue weighted by Gasteiger charge is 2.19. The standard InChI is InChI=1S/C39H18B5N3O2/c40-31-30(32(41)34(43)35(44)33(31)42)20-14-16-28-26(17-20)23-15-13-21(18-29(23)48-28)38-45-37(19-7-2-1-3-8-19)46-39(47-38)25-11-6-10-24-22-9-4-5-12-27(22)49-36(24)25/h1-18H. The molecule has 49 heavy (non-hydrogen) atoms. The zero-order valence-electron chi connectivity index (χ0n) is 25.9. The summed E-state index contributed by atoms with van der Waals surface area (Å²) in [5.41, 5.74) is 7.65. The highest BCUT2D eigenvalue weighted by Crippen LogP contribution is 2.37. The Morgan fingerprint density at radius 1 is 0.388 bits per heavy atom. The fourth-order valence-corrected chi connectivity index (χ4v) is 6.50. The van der Waals surface area contributed by atoms with E-state index < -0.39 is 0 Å². The van der Waals surface area contributed by atoms with E-state index in [1.165, 1.54) is 0 Å². The van der Waals surface area contributed by atoms with Crippen LogP contribution in [-0.4, -0.2) is 54.2 Å². The third kappa shape index (κ3) is 4.66. The molecule has 0 atom stereocenters. The molecule has 3 heterocycles. The van der Waals surface area contributed by atoms with Crippen LogP contribution in [0.15, 0.2) is 118 Å². The molecule has 0 bridgehead atoms. The van der Waals surface area contributed by atoms with Crippen LogP contribution in [0.1, 0.15) is 0 Å². The van der Waals surface area contributed by atoms with Crippen molar-refractivity contribution < 1.29 is 8.83 Å². The van der Waals surface area contributed by atoms with E-state index in [1.807, 2.05) is 103 Å². The van der Waals surface area contributed by atoms with Crippen LogP contribution in [0.3, 0.4) is 0 Å². The molecule has 9 aromatic rings. The average Bonchev–Trinajstić information content (AvgIpc) is 3.71. The van der Waals surface area contributed by atoms with E-state index in [1.54, 1.807) is 0 Å². The van der Waals surface area contributed by atoms with Crippen molar-refractivity contribution >= 4 is 110 Å². The van der Waals surface area contributed by atoms with E-state index in [-0.39, 0.29) is 27.3 Å². The minimum Gasteiger partial charge on any atom is -0.456 e. The lowest BCUT2D eigenvalue weighted by Gasteiger charge is -2.21. The highest BCUT2D eigenvalue weighted by molar-refractivity contribution is 6.68. The smallest absolute Gasteiger partial charge is 0.167 e. The number of fused-ring (bicyclic) bond motifs is 6. The van der Waals surface area contributed by atoms with E-state index in [0.717, 1.165) is 49.4 Å². The summed E-state index contributed by atoms with van der Waals surface area (Å²) in [5.74, 6) is 1.54. The number of hydrogen-bond acceptors (Lipinski definition) is 5. The molecule has 216 valence electrons. The third-order valence-electron chi connectivity index (χ3n) is 9.03. The van der Waals surface area contributed by atoms with Gasteiger partial charge in [0.05, 0.1) is 5.56 Å². The molecule has 0 aliphatic carbocycles. The van der Waals surface area contributed by atoms with Crippen molar-refractivity contribution in [3.05, 3.63) is 109 Å². The highest BCUT2D eigenvalue weighted by atomic mass is 16.3. The van der Waals surface area contributed by atoms with E-state index in [0.29, 0.717) is 39.8 Å². The van der Waals surface area contributed by atoms with E-state index >= 15 is 0 Å². The largest absolute Gasteiger partial charge is 0.456 e. The molecule has 5 nitrogen and oxygen atoms in total. The summed E-state index contributed by atoms with van der Waals surface area (Å²) in [5, 5.41) is 3.78. The molecule has 0 unspecified atom stereocenters. The van der Waals surface area contributed by atoms with Crippen molar-refractivity contribution in [2.75, 3.05) is 0 Å². The molecule has 0 amide bonds. The number of rotatable bonds is 4. The van der Waals surface area contributed by atoms with Gasteiger partial charge in [0.2, 0.25) is 0 Å². The first-order chi connectivity index (χ1) is 23.9. The number of benzene rings is 6. The third-order valence-corrected chi connectivity index (χ3v) is 9.03. The summed E-state index contributed by atoms with van der Waals surface area (Å²) in [7, 11) is 31.1. The number of hydrogen-bond donors (Lipinski definition) is 0. The van der Waals surface area contributed by atoms with Crippen LogP contribution < -0.4 is 27.3 Å². The maximum absolute atomic E-state index is 6.37. The Bertz CT molecular complexity index is 2760.